The van der Waals surface area contributed by atoms with Crippen LogP contribution in [0.5, 0.6) is 0 Å². The van der Waals surface area contributed by atoms with Gasteiger partial charge in [0.25, 0.3) is 10.2 Å². The molecule has 0 aromatic carbocycles. The Bertz CT molecular complexity index is 354. The third kappa shape index (κ3) is 2.95. The number of piperidine rings is 2. The van der Waals surface area contributed by atoms with Gasteiger partial charge in [-0.3, -0.25) is 0 Å². The van der Waals surface area contributed by atoms with Gasteiger partial charge in [0.05, 0.1) is 5.38 Å². The van der Waals surface area contributed by atoms with Gasteiger partial charge in [-0.25, -0.2) is 0 Å². The van der Waals surface area contributed by atoms with E-state index in [0.29, 0.717) is 32.1 Å². The molecule has 0 aliphatic carbocycles. The lowest BCUT2D eigenvalue weighted by molar-refractivity contribution is 0.256. The van der Waals surface area contributed by atoms with Crippen molar-refractivity contribution in [1.29, 1.82) is 0 Å². The maximum Gasteiger partial charge on any atom is 0.282 e. The van der Waals surface area contributed by atoms with Crippen LogP contribution in [0.25, 0.3) is 0 Å². The molecule has 0 spiro atoms. The Morgan fingerprint density at radius 2 is 1.71 bits per heavy atom. The Morgan fingerprint density at radius 3 is 2.29 bits per heavy atom. The van der Waals surface area contributed by atoms with Gasteiger partial charge in [0, 0.05) is 26.2 Å². The second-order valence-electron chi connectivity index (χ2n) is 5.11. The van der Waals surface area contributed by atoms with Crippen LogP contribution in [0.2, 0.25) is 0 Å². The van der Waals surface area contributed by atoms with E-state index in [2.05, 4.69) is 6.92 Å². The molecule has 100 valence electrons. The van der Waals surface area contributed by atoms with Gasteiger partial charge < -0.3 is 0 Å². The Balaban J connectivity index is 2.04. The minimum Gasteiger partial charge on any atom is -0.195 e. The van der Waals surface area contributed by atoms with Crippen LogP contribution in [0, 0.1) is 5.92 Å². The average molecular weight is 281 g/mol. The molecule has 0 amide bonds. The van der Waals surface area contributed by atoms with Crippen molar-refractivity contribution in [3.05, 3.63) is 0 Å². The molecule has 4 nitrogen and oxygen atoms in total. The summed E-state index contributed by atoms with van der Waals surface area (Å²) in [4.78, 5) is 0. The van der Waals surface area contributed by atoms with Crippen LogP contribution < -0.4 is 0 Å². The monoisotopic (exact) mass is 280 g/mol. The molecule has 2 rings (SSSR count). The van der Waals surface area contributed by atoms with Gasteiger partial charge in [-0.05, 0) is 25.2 Å². The molecule has 17 heavy (non-hydrogen) atoms. The molecular weight excluding hydrogens is 260 g/mol. The van der Waals surface area contributed by atoms with E-state index in [1.807, 2.05) is 0 Å². The summed E-state index contributed by atoms with van der Waals surface area (Å²) in [6.45, 7) is 4.50. The fourth-order valence-electron chi connectivity index (χ4n) is 2.46. The summed E-state index contributed by atoms with van der Waals surface area (Å²) in [5.74, 6) is 0.407. The smallest absolute Gasteiger partial charge is 0.195 e. The zero-order valence-corrected chi connectivity index (χ0v) is 11.9. The van der Waals surface area contributed by atoms with E-state index in [9.17, 15) is 8.42 Å². The molecule has 0 saturated carbocycles. The summed E-state index contributed by atoms with van der Waals surface area (Å²) in [6, 6.07) is 0. The number of hydrogen-bond donors (Lipinski definition) is 0. The Hall–Kier alpha value is 0.160. The first-order valence-electron chi connectivity index (χ1n) is 6.41. The average Bonchev–Trinajstić information content (AvgIpc) is 2.33. The summed E-state index contributed by atoms with van der Waals surface area (Å²) in [5.41, 5.74) is 0. The topological polar surface area (TPSA) is 40.6 Å². The van der Waals surface area contributed by atoms with E-state index in [1.165, 1.54) is 0 Å². The minimum absolute atomic E-state index is 0.0525. The first-order chi connectivity index (χ1) is 8.01. The van der Waals surface area contributed by atoms with Crippen molar-refractivity contribution in [3.63, 3.8) is 0 Å². The summed E-state index contributed by atoms with van der Waals surface area (Å²) >= 11 is 6.18. The number of nitrogens with zero attached hydrogens (tertiary/aromatic N) is 2. The van der Waals surface area contributed by atoms with Gasteiger partial charge >= 0.3 is 0 Å². The highest BCUT2D eigenvalue weighted by atomic mass is 35.5. The number of halogens is 1. The van der Waals surface area contributed by atoms with Gasteiger partial charge in [0.15, 0.2) is 0 Å². The van der Waals surface area contributed by atoms with E-state index >= 15 is 0 Å². The van der Waals surface area contributed by atoms with Crippen molar-refractivity contribution in [3.8, 4) is 0 Å². The summed E-state index contributed by atoms with van der Waals surface area (Å²) < 4.78 is 28.0. The van der Waals surface area contributed by atoms with Crippen LogP contribution in [0.3, 0.4) is 0 Å². The zero-order chi connectivity index (χ0) is 12.5. The van der Waals surface area contributed by atoms with Crippen molar-refractivity contribution >= 4 is 21.8 Å². The SMILES string of the molecule is CC1CCN(S(=O)(=O)N2CCCCC2)CC1Cl. The number of rotatable bonds is 2. The third-order valence-electron chi connectivity index (χ3n) is 3.80. The molecule has 6 heteroatoms. The number of hydrogen-bond acceptors (Lipinski definition) is 2. The predicted molar refractivity (Wildman–Crippen MR) is 69.3 cm³/mol. The van der Waals surface area contributed by atoms with Gasteiger partial charge in [-0.15, -0.1) is 11.6 Å². The maximum absolute atomic E-state index is 12.4. The molecule has 2 aliphatic rings. The van der Waals surface area contributed by atoms with Gasteiger partial charge in [0.1, 0.15) is 0 Å². The van der Waals surface area contributed by atoms with Crippen LogP contribution >= 0.6 is 11.6 Å². The van der Waals surface area contributed by atoms with E-state index in [4.69, 9.17) is 11.6 Å². The first-order valence-corrected chi connectivity index (χ1v) is 8.24. The maximum atomic E-state index is 12.4. The molecule has 2 heterocycles. The fourth-order valence-corrected chi connectivity index (χ4v) is 4.57. The molecule has 2 fully saturated rings. The highest BCUT2D eigenvalue weighted by Gasteiger charge is 2.35. The van der Waals surface area contributed by atoms with Crippen molar-refractivity contribution in [2.24, 2.45) is 5.92 Å². The van der Waals surface area contributed by atoms with E-state index in [0.717, 1.165) is 25.7 Å². The van der Waals surface area contributed by atoms with Crippen LogP contribution in [0.4, 0.5) is 0 Å². The summed E-state index contributed by atoms with van der Waals surface area (Å²) in [5, 5.41) is -0.0525. The van der Waals surface area contributed by atoms with Crippen molar-refractivity contribution in [2.75, 3.05) is 26.2 Å². The largest absolute Gasteiger partial charge is 0.282 e. The highest BCUT2D eigenvalue weighted by Crippen LogP contribution is 2.26. The van der Waals surface area contributed by atoms with E-state index in [-0.39, 0.29) is 5.38 Å². The van der Waals surface area contributed by atoms with Gasteiger partial charge in [-0.2, -0.15) is 17.0 Å². The zero-order valence-electron chi connectivity index (χ0n) is 10.3. The minimum atomic E-state index is -3.26. The third-order valence-corrected chi connectivity index (χ3v) is 6.37. The molecule has 0 radical (unpaired) electrons. The van der Waals surface area contributed by atoms with Crippen molar-refractivity contribution in [1.82, 2.24) is 8.61 Å². The standard InChI is InChI=1S/C11H21ClN2O2S/c1-10-5-8-14(9-11(10)12)17(15,16)13-6-3-2-4-7-13/h10-11H,2-9H2,1H3. The molecule has 0 N–H and O–H groups in total. The molecule has 2 saturated heterocycles. The van der Waals surface area contributed by atoms with Crippen LogP contribution in [-0.4, -0.2) is 48.6 Å². The van der Waals surface area contributed by atoms with Gasteiger partial charge in [0.2, 0.25) is 0 Å². The quantitative estimate of drug-likeness (QED) is 0.722. The number of alkyl halides is 1. The van der Waals surface area contributed by atoms with Crippen molar-refractivity contribution < 1.29 is 8.42 Å². The fraction of sp³-hybridized carbons (Fsp3) is 1.00. The highest BCUT2D eigenvalue weighted by molar-refractivity contribution is 7.86. The Labute approximate surface area is 109 Å². The molecular formula is C11H21ClN2O2S. The lowest BCUT2D eigenvalue weighted by atomic mass is 10.0. The molecule has 0 aromatic rings. The summed E-state index contributed by atoms with van der Waals surface area (Å²) in [6.07, 6.45) is 3.96. The molecule has 0 bridgehead atoms. The van der Waals surface area contributed by atoms with E-state index in [1.54, 1.807) is 8.61 Å². The van der Waals surface area contributed by atoms with Gasteiger partial charge in [-0.1, -0.05) is 13.3 Å². The van der Waals surface area contributed by atoms with Crippen molar-refractivity contribution in [2.45, 2.75) is 38.0 Å². The normalized spacial score (nSPS) is 33.8. The Kier molecular flexibility index (Phi) is 4.34. The second kappa shape index (κ2) is 5.43. The van der Waals surface area contributed by atoms with Crippen LogP contribution in [0.1, 0.15) is 32.6 Å². The van der Waals surface area contributed by atoms with E-state index < -0.39 is 10.2 Å². The predicted octanol–water partition coefficient (Wildman–Crippen LogP) is 1.67. The lowest BCUT2D eigenvalue weighted by Crippen LogP contribution is -2.51. The molecule has 2 aliphatic heterocycles. The van der Waals surface area contributed by atoms with Crippen LogP contribution in [-0.2, 0) is 10.2 Å². The second-order valence-corrected chi connectivity index (χ2v) is 7.60. The Morgan fingerprint density at radius 1 is 1.06 bits per heavy atom. The molecule has 2 unspecified atom stereocenters. The molecule has 0 aromatic heterocycles. The summed E-state index contributed by atoms with van der Waals surface area (Å²) in [7, 11) is -3.26. The first kappa shape index (κ1) is 13.6. The van der Waals surface area contributed by atoms with Crippen LogP contribution in [0.15, 0.2) is 0 Å². The molecule has 2 atom stereocenters. The lowest BCUT2D eigenvalue weighted by Gasteiger charge is -2.37.